The molecule has 0 saturated carbocycles. The van der Waals surface area contributed by atoms with E-state index in [4.69, 9.17) is 0 Å². The number of para-hydroxylation sites is 2. The number of halogens is 1. The van der Waals surface area contributed by atoms with Gasteiger partial charge in [-0.15, -0.1) is 0 Å². The van der Waals surface area contributed by atoms with E-state index in [1.807, 2.05) is 12.1 Å². The van der Waals surface area contributed by atoms with Crippen molar-refractivity contribution in [3.8, 4) is 0 Å². The summed E-state index contributed by atoms with van der Waals surface area (Å²) in [5, 5.41) is 3.32. The lowest BCUT2D eigenvalue weighted by atomic mass is 10.0. The molecule has 3 heteroatoms. The summed E-state index contributed by atoms with van der Waals surface area (Å²) in [6, 6.07) is 17.7. The van der Waals surface area contributed by atoms with Crippen LogP contribution in [-0.2, 0) is 0 Å². The lowest BCUT2D eigenvalue weighted by Gasteiger charge is -2.34. The molecule has 1 aliphatic heterocycles. The van der Waals surface area contributed by atoms with Gasteiger partial charge in [0, 0.05) is 24.8 Å². The highest BCUT2D eigenvalue weighted by Crippen LogP contribution is 2.22. The third-order valence-corrected chi connectivity index (χ3v) is 3.85. The first kappa shape index (κ1) is 13.0. The van der Waals surface area contributed by atoms with Crippen LogP contribution in [0.5, 0.6) is 0 Å². The summed E-state index contributed by atoms with van der Waals surface area (Å²) >= 11 is 0. The number of nitrogens with zero attached hydrogens (tertiary/aromatic N) is 1. The zero-order chi connectivity index (χ0) is 13.8. The van der Waals surface area contributed by atoms with E-state index in [0.29, 0.717) is 11.7 Å². The number of anilines is 2. The van der Waals surface area contributed by atoms with Gasteiger partial charge in [0.25, 0.3) is 0 Å². The van der Waals surface area contributed by atoms with Gasteiger partial charge >= 0.3 is 0 Å². The molecular formula is C17H19FN2. The number of benzene rings is 2. The molecule has 2 aromatic rings. The van der Waals surface area contributed by atoms with Crippen molar-refractivity contribution < 1.29 is 4.39 Å². The Morgan fingerprint density at radius 2 is 1.55 bits per heavy atom. The molecule has 1 aliphatic rings. The van der Waals surface area contributed by atoms with Crippen molar-refractivity contribution in [1.82, 2.24) is 0 Å². The molecule has 0 aliphatic carbocycles. The summed E-state index contributed by atoms with van der Waals surface area (Å²) in [5.41, 5.74) is 1.89. The lowest BCUT2D eigenvalue weighted by molar-refractivity contribution is 0.522. The van der Waals surface area contributed by atoms with E-state index in [1.54, 1.807) is 12.1 Å². The Morgan fingerprint density at radius 3 is 2.25 bits per heavy atom. The Labute approximate surface area is 119 Å². The minimum absolute atomic E-state index is 0.169. The van der Waals surface area contributed by atoms with Crippen molar-refractivity contribution in [3.05, 3.63) is 60.4 Å². The first-order chi connectivity index (χ1) is 9.83. The molecule has 1 heterocycles. The first-order valence-electron chi connectivity index (χ1n) is 7.14. The average Bonchev–Trinajstić information content (AvgIpc) is 2.51. The third kappa shape index (κ3) is 2.93. The van der Waals surface area contributed by atoms with Crippen molar-refractivity contribution in [2.75, 3.05) is 23.3 Å². The second-order valence-electron chi connectivity index (χ2n) is 5.22. The van der Waals surface area contributed by atoms with E-state index in [2.05, 4.69) is 34.5 Å². The largest absolute Gasteiger partial charge is 0.380 e. The summed E-state index contributed by atoms with van der Waals surface area (Å²) in [4.78, 5) is 2.39. The molecule has 0 bridgehead atoms. The van der Waals surface area contributed by atoms with Crippen molar-refractivity contribution in [3.63, 3.8) is 0 Å². The van der Waals surface area contributed by atoms with Crippen LogP contribution >= 0.6 is 0 Å². The van der Waals surface area contributed by atoms with E-state index < -0.39 is 0 Å². The Kier molecular flexibility index (Phi) is 3.86. The zero-order valence-electron chi connectivity index (χ0n) is 11.4. The topological polar surface area (TPSA) is 15.3 Å². The fourth-order valence-corrected chi connectivity index (χ4v) is 2.72. The normalized spacial score (nSPS) is 16.1. The van der Waals surface area contributed by atoms with Crippen LogP contribution in [0, 0.1) is 5.82 Å². The molecule has 1 fully saturated rings. The molecule has 0 atom stereocenters. The Balaban J connectivity index is 1.58. The van der Waals surface area contributed by atoms with Crippen molar-refractivity contribution in [2.45, 2.75) is 18.9 Å². The summed E-state index contributed by atoms with van der Waals surface area (Å²) in [6.45, 7) is 2.02. The predicted molar refractivity (Wildman–Crippen MR) is 81.7 cm³/mol. The SMILES string of the molecule is Fc1ccccc1NC1CCN(c2ccccc2)CC1. The number of hydrogen-bond acceptors (Lipinski definition) is 2. The lowest BCUT2D eigenvalue weighted by Crippen LogP contribution is -2.39. The molecule has 1 N–H and O–H groups in total. The smallest absolute Gasteiger partial charge is 0.146 e. The van der Waals surface area contributed by atoms with E-state index in [1.165, 1.54) is 11.8 Å². The van der Waals surface area contributed by atoms with E-state index in [-0.39, 0.29) is 5.82 Å². The predicted octanol–water partition coefficient (Wildman–Crippen LogP) is 3.91. The molecule has 20 heavy (non-hydrogen) atoms. The first-order valence-corrected chi connectivity index (χ1v) is 7.14. The van der Waals surface area contributed by atoms with E-state index >= 15 is 0 Å². The van der Waals surface area contributed by atoms with Crippen molar-refractivity contribution in [1.29, 1.82) is 0 Å². The summed E-state index contributed by atoms with van der Waals surface area (Å²) in [7, 11) is 0. The van der Waals surface area contributed by atoms with E-state index in [0.717, 1.165) is 25.9 Å². The molecule has 0 unspecified atom stereocenters. The maximum Gasteiger partial charge on any atom is 0.146 e. The van der Waals surface area contributed by atoms with Crippen molar-refractivity contribution >= 4 is 11.4 Å². The van der Waals surface area contributed by atoms with Crippen LogP contribution in [0.25, 0.3) is 0 Å². The fraction of sp³-hybridized carbons (Fsp3) is 0.294. The van der Waals surface area contributed by atoms with E-state index in [9.17, 15) is 4.39 Å². The monoisotopic (exact) mass is 270 g/mol. The second-order valence-corrected chi connectivity index (χ2v) is 5.22. The van der Waals surface area contributed by atoms with Crippen LogP contribution in [0.15, 0.2) is 54.6 Å². The Morgan fingerprint density at radius 1 is 0.900 bits per heavy atom. The van der Waals surface area contributed by atoms with Crippen LogP contribution < -0.4 is 10.2 Å². The Bertz CT molecular complexity index is 548. The van der Waals surface area contributed by atoms with Gasteiger partial charge in [-0.3, -0.25) is 0 Å². The highest BCUT2D eigenvalue weighted by atomic mass is 19.1. The van der Waals surface area contributed by atoms with Crippen LogP contribution in [-0.4, -0.2) is 19.1 Å². The summed E-state index contributed by atoms with van der Waals surface area (Å²) in [5.74, 6) is -0.169. The molecule has 0 aromatic heterocycles. The van der Waals surface area contributed by atoms with Crippen LogP contribution in [0.4, 0.5) is 15.8 Å². The zero-order valence-corrected chi connectivity index (χ0v) is 11.4. The molecule has 0 radical (unpaired) electrons. The number of hydrogen-bond donors (Lipinski definition) is 1. The van der Waals surface area contributed by atoms with Crippen LogP contribution in [0.1, 0.15) is 12.8 Å². The van der Waals surface area contributed by atoms with Crippen molar-refractivity contribution in [2.24, 2.45) is 0 Å². The third-order valence-electron chi connectivity index (χ3n) is 3.85. The quantitative estimate of drug-likeness (QED) is 0.909. The summed E-state index contributed by atoms with van der Waals surface area (Å²) in [6.07, 6.45) is 2.06. The van der Waals surface area contributed by atoms with Gasteiger partial charge in [0.05, 0.1) is 5.69 Å². The molecule has 0 spiro atoms. The van der Waals surface area contributed by atoms with Gasteiger partial charge in [0.1, 0.15) is 5.82 Å². The maximum atomic E-state index is 13.6. The van der Waals surface area contributed by atoms with Gasteiger partial charge in [-0.1, -0.05) is 30.3 Å². The molecular weight excluding hydrogens is 251 g/mol. The molecule has 2 aromatic carbocycles. The van der Waals surface area contributed by atoms with Gasteiger partial charge in [0.2, 0.25) is 0 Å². The maximum absolute atomic E-state index is 13.6. The van der Waals surface area contributed by atoms with Gasteiger partial charge in [-0.05, 0) is 37.1 Å². The molecule has 104 valence electrons. The molecule has 2 nitrogen and oxygen atoms in total. The second kappa shape index (κ2) is 5.95. The standard InChI is InChI=1S/C17H19FN2/c18-16-8-4-5-9-17(16)19-14-10-12-20(13-11-14)15-6-2-1-3-7-15/h1-9,14,19H,10-13H2. The number of rotatable bonds is 3. The van der Waals surface area contributed by atoms with Gasteiger partial charge < -0.3 is 10.2 Å². The summed E-state index contributed by atoms with van der Waals surface area (Å²) < 4.78 is 13.6. The molecule has 3 rings (SSSR count). The minimum Gasteiger partial charge on any atom is -0.380 e. The highest BCUT2D eigenvalue weighted by molar-refractivity contribution is 5.48. The van der Waals surface area contributed by atoms with Gasteiger partial charge in [-0.25, -0.2) is 4.39 Å². The molecule has 0 amide bonds. The van der Waals surface area contributed by atoms with Gasteiger partial charge in [-0.2, -0.15) is 0 Å². The van der Waals surface area contributed by atoms with Crippen LogP contribution in [0.3, 0.4) is 0 Å². The Hall–Kier alpha value is -2.03. The minimum atomic E-state index is -0.169. The van der Waals surface area contributed by atoms with Crippen LogP contribution in [0.2, 0.25) is 0 Å². The van der Waals surface area contributed by atoms with Gasteiger partial charge in [0.15, 0.2) is 0 Å². The average molecular weight is 270 g/mol. The number of piperidine rings is 1. The molecule has 1 saturated heterocycles. The fourth-order valence-electron chi connectivity index (χ4n) is 2.72. The number of nitrogens with one attached hydrogen (secondary N) is 1. The highest BCUT2D eigenvalue weighted by Gasteiger charge is 2.19.